The molecule has 6 unspecified atom stereocenters. The minimum atomic E-state index is -1.12. The Bertz CT molecular complexity index is 295. The highest BCUT2D eigenvalue weighted by atomic mass is 16.6. The van der Waals surface area contributed by atoms with Gasteiger partial charge in [0.1, 0.15) is 11.6 Å². The van der Waals surface area contributed by atoms with Crippen molar-refractivity contribution in [3.8, 4) is 0 Å². The third-order valence-corrected chi connectivity index (χ3v) is 3.23. The third-order valence-electron chi connectivity index (χ3n) is 3.23. The molecule has 0 aromatic carbocycles. The Kier molecular flexibility index (Phi) is 2.23. The lowest BCUT2D eigenvalue weighted by Crippen LogP contribution is -2.78. The molecule has 6 atom stereocenters. The second-order valence-electron chi connectivity index (χ2n) is 4.09. The molecule has 0 saturated carbocycles. The zero-order valence-corrected chi connectivity index (χ0v) is 8.09. The Balaban J connectivity index is 2.35. The van der Waals surface area contributed by atoms with Gasteiger partial charge in [0.15, 0.2) is 6.23 Å². The van der Waals surface area contributed by atoms with Gasteiger partial charge < -0.3 is 33.4 Å². The van der Waals surface area contributed by atoms with E-state index in [0.717, 1.165) is 0 Å². The maximum atomic E-state index is 11.3. The van der Waals surface area contributed by atoms with Crippen LogP contribution in [-0.2, 0) is 9.53 Å². The maximum Gasteiger partial charge on any atom is 0.326 e. The largest absolute Gasteiger partial charge is 0.443 e. The first kappa shape index (κ1) is 10.7. The van der Waals surface area contributed by atoms with Gasteiger partial charge in [0.05, 0.1) is 18.2 Å². The lowest BCUT2D eigenvalue weighted by atomic mass is 9.79. The summed E-state index contributed by atoms with van der Waals surface area (Å²) in [5.41, 5.74) is 27.8. The van der Waals surface area contributed by atoms with E-state index in [-0.39, 0.29) is 0 Å². The summed E-state index contributed by atoms with van der Waals surface area (Å²) in [6.07, 6.45) is -1.34. The fourth-order valence-corrected chi connectivity index (χ4v) is 2.09. The van der Waals surface area contributed by atoms with Gasteiger partial charge in [0.25, 0.3) is 0 Å². The van der Waals surface area contributed by atoms with Gasteiger partial charge in [-0.15, -0.1) is 0 Å². The predicted molar refractivity (Wildman–Crippen MR) is 51.8 cm³/mol. The SMILES string of the molecule is NC1NC2OC(=O)C(N)C(N)C2(N)C1N. The fraction of sp³-hybridized carbons (Fsp3) is 0.857. The quantitative estimate of drug-likeness (QED) is 0.220. The predicted octanol–water partition coefficient (Wildman–Crippen LogP) is -4.56. The molecule has 2 rings (SSSR count). The van der Waals surface area contributed by atoms with Gasteiger partial charge in [-0.05, 0) is 0 Å². The molecule has 0 aromatic heterocycles. The van der Waals surface area contributed by atoms with Crippen molar-refractivity contribution in [2.75, 3.05) is 0 Å². The highest BCUT2D eigenvalue weighted by molar-refractivity contribution is 5.78. The van der Waals surface area contributed by atoms with Crippen molar-refractivity contribution in [2.24, 2.45) is 28.7 Å². The average molecular weight is 216 g/mol. The second kappa shape index (κ2) is 3.11. The van der Waals surface area contributed by atoms with Crippen molar-refractivity contribution >= 4 is 5.97 Å². The van der Waals surface area contributed by atoms with E-state index in [4.69, 9.17) is 33.4 Å². The molecular formula is C7H16N6O2. The van der Waals surface area contributed by atoms with Gasteiger partial charge in [-0.1, -0.05) is 0 Å². The summed E-state index contributed by atoms with van der Waals surface area (Å²) >= 11 is 0. The molecule has 0 bridgehead atoms. The molecule has 8 heteroatoms. The van der Waals surface area contributed by atoms with Gasteiger partial charge >= 0.3 is 5.97 Å². The zero-order valence-electron chi connectivity index (χ0n) is 8.09. The van der Waals surface area contributed by atoms with E-state index in [1.54, 1.807) is 0 Å². The van der Waals surface area contributed by atoms with Crippen LogP contribution in [0, 0.1) is 0 Å². The first-order valence-electron chi connectivity index (χ1n) is 4.66. The zero-order chi connectivity index (χ0) is 11.4. The van der Waals surface area contributed by atoms with E-state index in [2.05, 4.69) is 5.32 Å². The smallest absolute Gasteiger partial charge is 0.326 e. The van der Waals surface area contributed by atoms with Crippen LogP contribution in [0.1, 0.15) is 0 Å². The third kappa shape index (κ3) is 1.20. The number of fused-ring (bicyclic) bond motifs is 1. The molecule has 2 fully saturated rings. The van der Waals surface area contributed by atoms with Crippen LogP contribution < -0.4 is 34.0 Å². The highest BCUT2D eigenvalue weighted by Gasteiger charge is 2.61. The van der Waals surface area contributed by atoms with Crippen molar-refractivity contribution in [2.45, 2.75) is 36.1 Å². The standard InChI is InChI=1S/C7H16N6O2/c8-1-2(9)7(12)3(10)4(11)13-6(7)15-5(1)14/h1-4,6,13H,8-12H2. The number of hydrogen-bond acceptors (Lipinski definition) is 8. The molecule has 2 aliphatic heterocycles. The maximum absolute atomic E-state index is 11.3. The van der Waals surface area contributed by atoms with Crippen molar-refractivity contribution < 1.29 is 9.53 Å². The first-order valence-corrected chi connectivity index (χ1v) is 4.66. The van der Waals surface area contributed by atoms with Crippen LogP contribution in [0.4, 0.5) is 0 Å². The van der Waals surface area contributed by atoms with E-state index >= 15 is 0 Å². The molecule has 0 aliphatic carbocycles. The van der Waals surface area contributed by atoms with Crippen LogP contribution >= 0.6 is 0 Å². The minimum absolute atomic E-state index is 0.566. The summed E-state index contributed by atoms with van der Waals surface area (Å²) in [5.74, 6) is -0.595. The summed E-state index contributed by atoms with van der Waals surface area (Å²) in [6, 6.07) is -2.36. The van der Waals surface area contributed by atoms with Crippen LogP contribution in [0.15, 0.2) is 0 Å². The highest BCUT2D eigenvalue weighted by Crippen LogP contribution is 2.29. The number of hydrogen-bond donors (Lipinski definition) is 6. The lowest BCUT2D eigenvalue weighted by molar-refractivity contribution is -0.164. The van der Waals surface area contributed by atoms with Crippen LogP contribution in [0.2, 0.25) is 0 Å². The van der Waals surface area contributed by atoms with Gasteiger partial charge in [-0.2, -0.15) is 0 Å². The number of esters is 1. The molecule has 0 radical (unpaired) electrons. The Morgan fingerprint density at radius 1 is 1.20 bits per heavy atom. The van der Waals surface area contributed by atoms with Crippen LogP contribution in [0.3, 0.4) is 0 Å². The van der Waals surface area contributed by atoms with Crippen molar-refractivity contribution in [3.05, 3.63) is 0 Å². The molecule has 2 heterocycles. The summed E-state index contributed by atoms with van der Waals surface area (Å²) in [5, 5.41) is 2.78. The first-order chi connectivity index (χ1) is 6.89. The van der Waals surface area contributed by atoms with Gasteiger partial charge in [-0.25, -0.2) is 0 Å². The van der Waals surface area contributed by atoms with Crippen LogP contribution in [0.25, 0.3) is 0 Å². The number of carbonyl (C=O) groups excluding carboxylic acids is 1. The monoisotopic (exact) mass is 216 g/mol. The summed E-state index contributed by atoms with van der Waals surface area (Å²) in [4.78, 5) is 11.3. The second-order valence-corrected chi connectivity index (χ2v) is 4.09. The molecule has 15 heavy (non-hydrogen) atoms. The van der Waals surface area contributed by atoms with Crippen molar-refractivity contribution in [3.63, 3.8) is 0 Å². The van der Waals surface area contributed by atoms with E-state index < -0.39 is 42.0 Å². The Morgan fingerprint density at radius 3 is 2.40 bits per heavy atom. The molecule has 0 spiro atoms. The Morgan fingerprint density at radius 2 is 1.80 bits per heavy atom. The lowest BCUT2D eigenvalue weighted by Gasteiger charge is -2.44. The molecule has 0 amide bonds. The van der Waals surface area contributed by atoms with Crippen LogP contribution in [0.5, 0.6) is 0 Å². The van der Waals surface area contributed by atoms with Crippen molar-refractivity contribution in [1.29, 1.82) is 0 Å². The summed E-state index contributed by atoms with van der Waals surface area (Å²) in [6.45, 7) is 0. The molecule has 11 N–H and O–H groups in total. The number of ether oxygens (including phenoxy) is 1. The molecular weight excluding hydrogens is 200 g/mol. The van der Waals surface area contributed by atoms with Gasteiger partial charge in [0.2, 0.25) is 0 Å². The van der Waals surface area contributed by atoms with Crippen LogP contribution in [-0.4, -0.2) is 42.0 Å². The van der Waals surface area contributed by atoms with Crippen molar-refractivity contribution in [1.82, 2.24) is 5.32 Å². The number of carbonyl (C=O) groups is 1. The molecule has 86 valence electrons. The Hall–Kier alpha value is -0.770. The molecule has 2 aliphatic rings. The van der Waals surface area contributed by atoms with Gasteiger partial charge in [-0.3, -0.25) is 10.1 Å². The normalized spacial score (nSPS) is 55.0. The summed E-state index contributed by atoms with van der Waals surface area (Å²) < 4.78 is 5.00. The van der Waals surface area contributed by atoms with Gasteiger partial charge in [0, 0.05) is 0 Å². The topological polar surface area (TPSA) is 168 Å². The molecule has 8 nitrogen and oxygen atoms in total. The minimum Gasteiger partial charge on any atom is -0.443 e. The number of rotatable bonds is 0. The fourth-order valence-electron chi connectivity index (χ4n) is 2.09. The van der Waals surface area contributed by atoms with E-state index in [1.165, 1.54) is 0 Å². The number of nitrogens with one attached hydrogen (secondary N) is 1. The van der Waals surface area contributed by atoms with E-state index in [9.17, 15) is 4.79 Å². The molecule has 0 aromatic rings. The Labute approximate surface area is 86.4 Å². The number of nitrogens with two attached hydrogens (primary N) is 5. The average Bonchev–Trinajstić information content (AvgIpc) is 2.41. The summed E-state index contributed by atoms with van der Waals surface area (Å²) in [7, 11) is 0. The molecule has 2 saturated heterocycles. The van der Waals surface area contributed by atoms with E-state index in [0.29, 0.717) is 0 Å². The van der Waals surface area contributed by atoms with E-state index in [1.807, 2.05) is 0 Å².